The van der Waals surface area contributed by atoms with Gasteiger partial charge in [0.05, 0.1) is 5.52 Å². The Morgan fingerprint density at radius 1 is 1.25 bits per heavy atom. The number of hydrogen-bond acceptors (Lipinski definition) is 7. The van der Waals surface area contributed by atoms with Crippen LogP contribution < -0.4 is 5.43 Å². The van der Waals surface area contributed by atoms with Gasteiger partial charge in [-0.25, -0.2) is 4.68 Å². The maximum absolute atomic E-state index is 4.25. The summed E-state index contributed by atoms with van der Waals surface area (Å²) in [5.41, 5.74) is 7.44. The molecule has 1 aliphatic heterocycles. The van der Waals surface area contributed by atoms with Crippen LogP contribution in [0.5, 0.6) is 0 Å². The SMILES string of the molecule is CCc1nnc2n1NC(c1cc3cccc(C)c3n3nnnc13)S2. The van der Waals surface area contributed by atoms with Crippen molar-refractivity contribution in [3.8, 4) is 0 Å². The number of pyridine rings is 1. The molecule has 0 spiro atoms. The molecular weight excluding hydrogens is 324 g/mol. The molecule has 1 atom stereocenters. The Bertz CT molecular complexity index is 1080. The van der Waals surface area contributed by atoms with Gasteiger partial charge in [0.15, 0.2) is 11.5 Å². The first-order valence-electron chi connectivity index (χ1n) is 7.74. The number of aromatic nitrogens is 7. The number of hydrogen-bond donors (Lipinski definition) is 1. The molecule has 0 fully saturated rings. The predicted molar refractivity (Wildman–Crippen MR) is 90.4 cm³/mol. The number of aryl methyl sites for hydroxylation is 2. The molecule has 4 aromatic rings. The van der Waals surface area contributed by atoms with Gasteiger partial charge < -0.3 is 5.43 Å². The fourth-order valence-corrected chi connectivity index (χ4v) is 4.17. The number of nitrogens with one attached hydrogen (secondary N) is 1. The second-order valence-corrected chi connectivity index (χ2v) is 6.81. The zero-order valence-corrected chi connectivity index (χ0v) is 13.9. The van der Waals surface area contributed by atoms with E-state index in [2.05, 4.69) is 69.3 Å². The van der Waals surface area contributed by atoms with Gasteiger partial charge in [0.25, 0.3) is 0 Å². The average Bonchev–Trinajstić information content (AvgIpc) is 3.29. The number of tetrazole rings is 1. The van der Waals surface area contributed by atoms with Crippen molar-refractivity contribution in [1.29, 1.82) is 0 Å². The van der Waals surface area contributed by atoms with Crippen LogP contribution in [0.3, 0.4) is 0 Å². The van der Waals surface area contributed by atoms with Gasteiger partial charge in [-0.3, -0.25) is 0 Å². The molecule has 4 heterocycles. The van der Waals surface area contributed by atoms with E-state index in [1.807, 2.05) is 9.19 Å². The third-order valence-electron chi connectivity index (χ3n) is 4.29. The van der Waals surface area contributed by atoms with Gasteiger partial charge in [0.2, 0.25) is 5.16 Å². The van der Waals surface area contributed by atoms with E-state index in [9.17, 15) is 0 Å². The van der Waals surface area contributed by atoms with E-state index in [1.54, 1.807) is 11.8 Å². The standard InChI is InChI=1S/C15H14N8S/c1-3-11-16-18-15-22(11)19-14(24-15)10-7-9-6-4-5-8(2)12(9)23-13(10)17-20-21-23/h4-7,14,19H,3H2,1-2H3. The van der Waals surface area contributed by atoms with Crippen molar-refractivity contribution in [2.24, 2.45) is 0 Å². The maximum atomic E-state index is 4.25. The molecule has 0 saturated heterocycles. The molecule has 1 aliphatic rings. The molecule has 0 saturated carbocycles. The first-order valence-corrected chi connectivity index (χ1v) is 8.62. The third kappa shape index (κ3) is 1.78. The molecule has 5 rings (SSSR count). The Labute approximate surface area is 141 Å². The topological polar surface area (TPSA) is 85.8 Å². The summed E-state index contributed by atoms with van der Waals surface area (Å²) in [4.78, 5) is 0. The van der Waals surface area contributed by atoms with Crippen molar-refractivity contribution in [3.63, 3.8) is 0 Å². The second-order valence-electron chi connectivity index (χ2n) is 5.74. The van der Waals surface area contributed by atoms with Gasteiger partial charge in [-0.2, -0.15) is 4.52 Å². The van der Waals surface area contributed by atoms with Gasteiger partial charge in [0.1, 0.15) is 5.37 Å². The molecule has 0 bridgehead atoms. The summed E-state index contributed by atoms with van der Waals surface area (Å²) in [5.74, 6) is 0.923. The Hall–Kier alpha value is -2.68. The zero-order chi connectivity index (χ0) is 16.3. The second kappa shape index (κ2) is 4.91. The Balaban J connectivity index is 1.70. The Morgan fingerprint density at radius 3 is 3.04 bits per heavy atom. The van der Waals surface area contributed by atoms with Crippen molar-refractivity contribution >= 4 is 28.3 Å². The zero-order valence-electron chi connectivity index (χ0n) is 13.1. The van der Waals surface area contributed by atoms with Gasteiger partial charge in [-0.05, 0) is 29.0 Å². The molecule has 120 valence electrons. The van der Waals surface area contributed by atoms with Crippen molar-refractivity contribution in [2.75, 3.05) is 5.43 Å². The number of fused-ring (bicyclic) bond motifs is 4. The molecule has 3 aromatic heterocycles. The minimum absolute atomic E-state index is 0.000729. The maximum Gasteiger partial charge on any atom is 0.212 e. The molecule has 0 radical (unpaired) electrons. The predicted octanol–water partition coefficient (Wildman–Crippen LogP) is 2.09. The lowest BCUT2D eigenvalue weighted by atomic mass is 10.1. The van der Waals surface area contributed by atoms with Crippen LogP contribution >= 0.6 is 11.8 Å². The van der Waals surface area contributed by atoms with Gasteiger partial charge in [0, 0.05) is 17.4 Å². The summed E-state index contributed by atoms with van der Waals surface area (Å²) in [6, 6.07) is 8.37. The van der Waals surface area contributed by atoms with Crippen LogP contribution in [0.15, 0.2) is 29.4 Å². The van der Waals surface area contributed by atoms with Crippen LogP contribution in [-0.4, -0.2) is 34.9 Å². The van der Waals surface area contributed by atoms with E-state index in [0.717, 1.165) is 45.1 Å². The van der Waals surface area contributed by atoms with E-state index in [1.165, 1.54) is 0 Å². The number of rotatable bonds is 2. The molecular formula is C15H14N8S. The summed E-state index contributed by atoms with van der Waals surface area (Å²) in [5, 5.41) is 22.7. The van der Waals surface area contributed by atoms with Crippen molar-refractivity contribution < 1.29 is 0 Å². The molecule has 24 heavy (non-hydrogen) atoms. The summed E-state index contributed by atoms with van der Waals surface area (Å²) >= 11 is 1.63. The summed E-state index contributed by atoms with van der Waals surface area (Å²) in [6.45, 7) is 4.14. The normalized spacial score (nSPS) is 16.7. The van der Waals surface area contributed by atoms with E-state index in [-0.39, 0.29) is 5.37 Å². The van der Waals surface area contributed by atoms with Crippen LogP contribution in [0.4, 0.5) is 0 Å². The lowest BCUT2D eigenvalue weighted by molar-refractivity contribution is 0.739. The largest absolute Gasteiger partial charge is 0.304 e. The number of thioether (sulfide) groups is 1. The highest BCUT2D eigenvalue weighted by Gasteiger charge is 2.30. The van der Waals surface area contributed by atoms with Crippen LogP contribution in [0.2, 0.25) is 0 Å². The number of para-hydroxylation sites is 1. The van der Waals surface area contributed by atoms with E-state index in [0.29, 0.717) is 0 Å². The molecule has 0 amide bonds. The van der Waals surface area contributed by atoms with E-state index in [4.69, 9.17) is 0 Å². The summed E-state index contributed by atoms with van der Waals surface area (Å²) in [7, 11) is 0. The Morgan fingerprint density at radius 2 is 2.17 bits per heavy atom. The average molecular weight is 338 g/mol. The van der Waals surface area contributed by atoms with E-state index >= 15 is 0 Å². The highest BCUT2D eigenvalue weighted by molar-refractivity contribution is 7.99. The monoisotopic (exact) mass is 338 g/mol. The number of benzene rings is 1. The lowest BCUT2D eigenvalue weighted by Gasteiger charge is -2.14. The highest BCUT2D eigenvalue weighted by atomic mass is 32.2. The van der Waals surface area contributed by atoms with Gasteiger partial charge in [-0.15, -0.1) is 15.3 Å². The summed E-state index contributed by atoms with van der Waals surface area (Å²) in [6.07, 6.45) is 0.825. The molecule has 1 N–H and O–H groups in total. The van der Waals surface area contributed by atoms with Crippen LogP contribution in [0, 0.1) is 6.92 Å². The van der Waals surface area contributed by atoms with Crippen LogP contribution in [0.1, 0.15) is 29.2 Å². The van der Waals surface area contributed by atoms with Crippen LogP contribution in [-0.2, 0) is 6.42 Å². The minimum atomic E-state index is -0.000729. The van der Waals surface area contributed by atoms with Crippen molar-refractivity contribution in [1.82, 2.24) is 34.9 Å². The molecule has 8 nitrogen and oxygen atoms in total. The molecule has 9 heteroatoms. The summed E-state index contributed by atoms with van der Waals surface area (Å²) < 4.78 is 3.78. The van der Waals surface area contributed by atoms with E-state index < -0.39 is 0 Å². The molecule has 0 aliphatic carbocycles. The fraction of sp³-hybridized carbons (Fsp3) is 0.267. The third-order valence-corrected chi connectivity index (χ3v) is 5.36. The van der Waals surface area contributed by atoms with Gasteiger partial charge in [-0.1, -0.05) is 36.9 Å². The highest BCUT2D eigenvalue weighted by Crippen LogP contribution is 2.40. The van der Waals surface area contributed by atoms with Crippen molar-refractivity contribution in [2.45, 2.75) is 30.8 Å². The number of nitrogens with zero attached hydrogens (tertiary/aromatic N) is 7. The minimum Gasteiger partial charge on any atom is -0.304 e. The Kier molecular flexibility index (Phi) is 2.81. The first-order chi connectivity index (χ1) is 11.8. The lowest BCUT2D eigenvalue weighted by Crippen LogP contribution is -2.16. The smallest absolute Gasteiger partial charge is 0.212 e. The first kappa shape index (κ1) is 13.7. The van der Waals surface area contributed by atoms with Crippen LogP contribution in [0.25, 0.3) is 16.6 Å². The quantitative estimate of drug-likeness (QED) is 0.599. The molecule has 1 aromatic carbocycles. The van der Waals surface area contributed by atoms with Gasteiger partial charge >= 0.3 is 0 Å². The van der Waals surface area contributed by atoms with Crippen molar-refractivity contribution in [3.05, 3.63) is 41.2 Å². The molecule has 1 unspecified atom stereocenters. The fourth-order valence-electron chi connectivity index (χ4n) is 3.15.